The van der Waals surface area contributed by atoms with Crippen LogP contribution in [0.2, 0.25) is 0 Å². The number of piperidine rings is 1. The maximum absolute atomic E-state index is 13.1. The molecule has 0 unspecified atom stereocenters. The predicted octanol–water partition coefficient (Wildman–Crippen LogP) is 3.31. The van der Waals surface area contributed by atoms with Crippen molar-refractivity contribution in [2.45, 2.75) is 38.3 Å². The van der Waals surface area contributed by atoms with Crippen LogP contribution in [0.5, 0.6) is 0 Å². The second kappa shape index (κ2) is 8.70. The van der Waals surface area contributed by atoms with Crippen LogP contribution in [0, 0.1) is 5.92 Å². The topological polar surface area (TPSA) is 40.6 Å². The number of benzene rings is 2. The first-order valence-corrected chi connectivity index (χ1v) is 10.3. The fourth-order valence-electron chi connectivity index (χ4n) is 4.49. The molecule has 2 aliphatic heterocycles. The SMILES string of the molecule is O=C1C[C@@H](C(=O)N2CCC(Cc3ccccc3)CC2)N(Cc2ccccc2)C1. The van der Waals surface area contributed by atoms with E-state index < -0.39 is 0 Å². The molecule has 4 nitrogen and oxygen atoms in total. The molecule has 0 aromatic heterocycles. The van der Waals surface area contributed by atoms with Crippen molar-refractivity contribution < 1.29 is 9.59 Å². The molecule has 0 aliphatic carbocycles. The van der Waals surface area contributed by atoms with Crippen molar-refractivity contribution in [3.05, 3.63) is 71.8 Å². The Balaban J connectivity index is 1.34. The number of amides is 1. The van der Waals surface area contributed by atoms with E-state index in [0.717, 1.165) is 37.9 Å². The fraction of sp³-hybridized carbons (Fsp3) is 0.417. The van der Waals surface area contributed by atoms with Crippen molar-refractivity contribution in [1.29, 1.82) is 0 Å². The average molecular weight is 377 g/mol. The summed E-state index contributed by atoms with van der Waals surface area (Å²) in [7, 11) is 0. The smallest absolute Gasteiger partial charge is 0.240 e. The van der Waals surface area contributed by atoms with Gasteiger partial charge in [0.05, 0.1) is 12.6 Å². The zero-order valence-electron chi connectivity index (χ0n) is 16.3. The number of rotatable bonds is 5. The van der Waals surface area contributed by atoms with Crippen LogP contribution in [-0.4, -0.2) is 47.2 Å². The van der Waals surface area contributed by atoms with Crippen molar-refractivity contribution in [2.75, 3.05) is 19.6 Å². The molecule has 0 bridgehead atoms. The number of Topliss-reactive ketones (excluding diaryl/α,β-unsaturated/α-hetero) is 1. The van der Waals surface area contributed by atoms with Crippen LogP contribution in [-0.2, 0) is 22.6 Å². The number of ketones is 1. The summed E-state index contributed by atoms with van der Waals surface area (Å²) in [5, 5.41) is 0. The first-order chi connectivity index (χ1) is 13.7. The molecule has 2 fully saturated rings. The van der Waals surface area contributed by atoms with Gasteiger partial charge < -0.3 is 4.90 Å². The molecule has 2 aliphatic rings. The second-order valence-electron chi connectivity index (χ2n) is 8.11. The minimum atomic E-state index is -0.293. The molecule has 4 heteroatoms. The van der Waals surface area contributed by atoms with E-state index in [1.807, 2.05) is 23.1 Å². The van der Waals surface area contributed by atoms with E-state index in [9.17, 15) is 9.59 Å². The van der Waals surface area contributed by atoms with E-state index in [1.54, 1.807) is 0 Å². The molecule has 28 heavy (non-hydrogen) atoms. The molecule has 2 aromatic carbocycles. The molecule has 0 saturated carbocycles. The minimum absolute atomic E-state index is 0.139. The van der Waals surface area contributed by atoms with Crippen LogP contribution in [0.25, 0.3) is 0 Å². The van der Waals surface area contributed by atoms with Crippen molar-refractivity contribution in [3.8, 4) is 0 Å². The lowest BCUT2D eigenvalue weighted by Crippen LogP contribution is -2.48. The van der Waals surface area contributed by atoms with Gasteiger partial charge in [-0.2, -0.15) is 0 Å². The monoisotopic (exact) mass is 376 g/mol. The van der Waals surface area contributed by atoms with Crippen LogP contribution in [0.4, 0.5) is 0 Å². The molecule has 0 radical (unpaired) electrons. The summed E-state index contributed by atoms with van der Waals surface area (Å²) >= 11 is 0. The maximum Gasteiger partial charge on any atom is 0.240 e. The highest BCUT2D eigenvalue weighted by atomic mass is 16.2. The number of hydrogen-bond acceptors (Lipinski definition) is 3. The fourth-order valence-corrected chi connectivity index (χ4v) is 4.49. The first kappa shape index (κ1) is 18.9. The third kappa shape index (κ3) is 4.50. The molecule has 2 saturated heterocycles. The van der Waals surface area contributed by atoms with Crippen molar-refractivity contribution in [3.63, 3.8) is 0 Å². The summed E-state index contributed by atoms with van der Waals surface area (Å²) < 4.78 is 0. The van der Waals surface area contributed by atoms with E-state index in [1.165, 1.54) is 5.56 Å². The lowest BCUT2D eigenvalue weighted by Gasteiger charge is -2.35. The largest absolute Gasteiger partial charge is 0.341 e. The van der Waals surface area contributed by atoms with Gasteiger partial charge in [-0.3, -0.25) is 14.5 Å². The third-order valence-electron chi connectivity index (χ3n) is 6.05. The van der Waals surface area contributed by atoms with Crippen LogP contribution in [0.15, 0.2) is 60.7 Å². The van der Waals surface area contributed by atoms with Gasteiger partial charge in [0.2, 0.25) is 5.91 Å². The van der Waals surface area contributed by atoms with Gasteiger partial charge >= 0.3 is 0 Å². The summed E-state index contributed by atoms with van der Waals surface area (Å²) in [6, 6.07) is 20.4. The molecule has 0 spiro atoms. The quantitative estimate of drug-likeness (QED) is 0.804. The van der Waals surface area contributed by atoms with Crippen molar-refractivity contribution in [1.82, 2.24) is 9.80 Å². The van der Waals surface area contributed by atoms with E-state index in [2.05, 4.69) is 47.4 Å². The Labute approximate surface area is 167 Å². The molecule has 1 atom stereocenters. The van der Waals surface area contributed by atoms with Crippen LogP contribution in [0.1, 0.15) is 30.4 Å². The van der Waals surface area contributed by atoms with Crippen LogP contribution >= 0.6 is 0 Å². The zero-order valence-corrected chi connectivity index (χ0v) is 16.3. The zero-order chi connectivity index (χ0) is 19.3. The summed E-state index contributed by atoms with van der Waals surface area (Å²) in [6.45, 7) is 2.66. The number of carbonyl (C=O) groups is 2. The number of carbonyl (C=O) groups excluding carboxylic acids is 2. The number of hydrogen-bond donors (Lipinski definition) is 0. The predicted molar refractivity (Wildman–Crippen MR) is 110 cm³/mol. The van der Waals surface area contributed by atoms with Crippen molar-refractivity contribution in [2.24, 2.45) is 5.92 Å². The van der Waals surface area contributed by atoms with Gasteiger partial charge in [0.25, 0.3) is 0 Å². The van der Waals surface area contributed by atoms with E-state index in [4.69, 9.17) is 0 Å². The molecule has 0 N–H and O–H groups in total. The highest BCUT2D eigenvalue weighted by molar-refractivity contribution is 5.93. The van der Waals surface area contributed by atoms with Gasteiger partial charge in [0.15, 0.2) is 0 Å². The maximum atomic E-state index is 13.1. The summed E-state index contributed by atoms with van der Waals surface area (Å²) in [6.07, 6.45) is 3.53. The lowest BCUT2D eigenvalue weighted by atomic mass is 9.90. The average Bonchev–Trinajstić information content (AvgIpc) is 3.09. The van der Waals surface area contributed by atoms with E-state index >= 15 is 0 Å². The molecule has 146 valence electrons. The molecular weight excluding hydrogens is 348 g/mol. The van der Waals surface area contributed by atoms with Gasteiger partial charge in [-0.1, -0.05) is 60.7 Å². The normalized spacial score (nSPS) is 21.2. The van der Waals surface area contributed by atoms with Gasteiger partial charge in [0.1, 0.15) is 5.78 Å². The Kier molecular flexibility index (Phi) is 5.87. The molecular formula is C24H28N2O2. The summed E-state index contributed by atoms with van der Waals surface area (Å²) in [5.41, 5.74) is 2.53. The van der Waals surface area contributed by atoms with Gasteiger partial charge in [-0.15, -0.1) is 0 Å². The van der Waals surface area contributed by atoms with E-state index in [-0.39, 0.29) is 17.7 Å². The first-order valence-electron chi connectivity index (χ1n) is 10.3. The Morgan fingerprint density at radius 1 is 0.893 bits per heavy atom. The van der Waals surface area contributed by atoms with Gasteiger partial charge in [0, 0.05) is 26.1 Å². The standard InChI is InChI=1S/C24H28N2O2/c27-22-16-23(26(18-22)17-21-9-5-2-6-10-21)24(28)25-13-11-20(12-14-25)15-19-7-3-1-4-8-19/h1-10,20,23H,11-18H2/t23-/m0/s1. The molecule has 2 heterocycles. The van der Waals surface area contributed by atoms with E-state index in [0.29, 0.717) is 25.4 Å². The lowest BCUT2D eigenvalue weighted by molar-refractivity contribution is -0.137. The highest BCUT2D eigenvalue weighted by Crippen LogP contribution is 2.25. The minimum Gasteiger partial charge on any atom is -0.341 e. The second-order valence-corrected chi connectivity index (χ2v) is 8.11. The van der Waals surface area contributed by atoms with Gasteiger partial charge in [-0.25, -0.2) is 0 Å². The Bertz CT molecular complexity index is 798. The van der Waals surface area contributed by atoms with Crippen LogP contribution in [0.3, 0.4) is 0 Å². The van der Waals surface area contributed by atoms with Crippen LogP contribution < -0.4 is 0 Å². The highest BCUT2D eigenvalue weighted by Gasteiger charge is 2.38. The Morgan fingerprint density at radius 3 is 2.14 bits per heavy atom. The molecule has 1 amide bonds. The molecule has 2 aromatic rings. The summed E-state index contributed by atoms with van der Waals surface area (Å²) in [5.74, 6) is 0.949. The number of nitrogens with zero attached hydrogens (tertiary/aromatic N) is 2. The van der Waals surface area contributed by atoms with Crippen molar-refractivity contribution >= 4 is 11.7 Å². The van der Waals surface area contributed by atoms with Gasteiger partial charge in [-0.05, 0) is 36.3 Å². The number of likely N-dealkylation sites (tertiary alicyclic amines) is 2. The third-order valence-corrected chi connectivity index (χ3v) is 6.05. The molecule has 4 rings (SSSR count). The Hall–Kier alpha value is -2.46. The Morgan fingerprint density at radius 2 is 1.50 bits per heavy atom. The summed E-state index contributed by atoms with van der Waals surface area (Å²) in [4.78, 5) is 29.3.